The number of piperidine rings is 1. The summed E-state index contributed by atoms with van der Waals surface area (Å²) in [7, 11) is 1.80. The molecule has 1 aliphatic rings. The van der Waals surface area contributed by atoms with Crippen LogP contribution in [0, 0.1) is 0 Å². The van der Waals surface area contributed by atoms with E-state index in [1.807, 2.05) is 23.1 Å². The van der Waals surface area contributed by atoms with Crippen LogP contribution in [0.15, 0.2) is 30.3 Å². The van der Waals surface area contributed by atoms with Crippen molar-refractivity contribution in [3.05, 3.63) is 35.9 Å². The summed E-state index contributed by atoms with van der Waals surface area (Å²) in [6, 6.07) is 10.2. The van der Waals surface area contributed by atoms with Crippen LogP contribution in [0.25, 0.3) is 0 Å². The molecule has 1 aromatic rings. The van der Waals surface area contributed by atoms with E-state index in [0.29, 0.717) is 13.2 Å². The van der Waals surface area contributed by atoms with Crippen molar-refractivity contribution < 1.29 is 9.53 Å². The van der Waals surface area contributed by atoms with E-state index >= 15 is 0 Å². The Hall–Kier alpha value is -1.39. The van der Waals surface area contributed by atoms with Crippen LogP contribution in [0.1, 0.15) is 18.4 Å². The molecule has 4 nitrogen and oxygen atoms in total. The van der Waals surface area contributed by atoms with Crippen molar-refractivity contribution in [3.63, 3.8) is 0 Å². The van der Waals surface area contributed by atoms with Crippen LogP contribution < -0.4 is 5.32 Å². The topological polar surface area (TPSA) is 41.6 Å². The fourth-order valence-electron chi connectivity index (χ4n) is 2.32. The van der Waals surface area contributed by atoms with Gasteiger partial charge in [0.1, 0.15) is 0 Å². The molecule has 1 saturated heterocycles. The van der Waals surface area contributed by atoms with E-state index < -0.39 is 0 Å². The quantitative estimate of drug-likeness (QED) is 0.872. The molecule has 1 fully saturated rings. The fourth-order valence-corrected chi connectivity index (χ4v) is 2.32. The number of ether oxygens (including phenoxy) is 1. The SMILES string of the molecule is CNCC(=O)N1CCC(OCc2ccccc2)CC1. The van der Waals surface area contributed by atoms with Gasteiger partial charge in [-0.2, -0.15) is 0 Å². The number of nitrogens with one attached hydrogen (secondary N) is 1. The molecule has 1 aromatic carbocycles. The van der Waals surface area contributed by atoms with Crippen LogP contribution in [0.4, 0.5) is 0 Å². The molecule has 0 aromatic heterocycles. The van der Waals surface area contributed by atoms with E-state index in [4.69, 9.17) is 4.74 Å². The third kappa shape index (κ3) is 4.33. The third-order valence-corrected chi connectivity index (χ3v) is 3.45. The van der Waals surface area contributed by atoms with Crippen molar-refractivity contribution in [2.75, 3.05) is 26.7 Å². The first-order valence-corrected chi connectivity index (χ1v) is 6.87. The summed E-state index contributed by atoms with van der Waals surface area (Å²) in [4.78, 5) is 13.6. The molecule has 0 atom stereocenters. The van der Waals surface area contributed by atoms with E-state index in [2.05, 4.69) is 17.4 Å². The molecule has 104 valence electrons. The first kappa shape index (κ1) is 14.0. The second kappa shape index (κ2) is 7.26. The van der Waals surface area contributed by atoms with Gasteiger partial charge in [-0.05, 0) is 25.5 Å². The average Bonchev–Trinajstić information content (AvgIpc) is 2.47. The molecule has 0 spiro atoms. The van der Waals surface area contributed by atoms with Gasteiger partial charge in [0.05, 0.1) is 19.3 Å². The zero-order valence-corrected chi connectivity index (χ0v) is 11.5. The van der Waals surface area contributed by atoms with Gasteiger partial charge in [0.15, 0.2) is 0 Å². The Balaban J connectivity index is 1.70. The fraction of sp³-hybridized carbons (Fsp3) is 0.533. The molecule has 1 heterocycles. The van der Waals surface area contributed by atoms with E-state index in [1.54, 1.807) is 7.05 Å². The highest BCUT2D eigenvalue weighted by Crippen LogP contribution is 2.15. The molecule has 0 unspecified atom stereocenters. The Bertz CT molecular complexity index is 386. The molecule has 19 heavy (non-hydrogen) atoms. The summed E-state index contributed by atoms with van der Waals surface area (Å²) in [5.74, 6) is 0.184. The molecular weight excluding hydrogens is 240 g/mol. The van der Waals surface area contributed by atoms with Crippen molar-refractivity contribution in [3.8, 4) is 0 Å². The molecule has 0 aliphatic carbocycles. The summed E-state index contributed by atoms with van der Waals surface area (Å²) < 4.78 is 5.90. The smallest absolute Gasteiger partial charge is 0.236 e. The minimum Gasteiger partial charge on any atom is -0.373 e. The monoisotopic (exact) mass is 262 g/mol. The van der Waals surface area contributed by atoms with Crippen LogP contribution in [-0.2, 0) is 16.1 Å². The molecule has 1 N–H and O–H groups in total. The highest BCUT2D eigenvalue weighted by atomic mass is 16.5. The maximum Gasteiger partial charge on any atom is 0.236 e. The third-order valence-electron chi connectivity index (χ3n) is 3.45. The van der Waals surface area contributed by atoms with Crippen molar-refractivity contribution in [1.82, 2.24) is 10.2 Å². The molecule has 4 heteroatoms. The molecule has 2 rings (SSSR count). The van der Waals surface area contributed by atoms with Crippen molar-refractivity contribution in [1.29, 1.82) is 0 Å². The lowest BCUT2D eigenvalue weighted by molar-refractivity contribution is -0.132. The van der Waals surface area contributed by atoms with Gasteiger partial charge in [0.25, 0.3) is 0 Å². The van der Waals surface area contributed by atoms with Crippen LogP contribution in [-0.4, -0.2) is 43.6 Å². The summed E-state index contributed by atoms with van der Waals surface area (Å²) in [5.41, 5.74) is 1.20. The van der Waals surface area contributed by atoms with Crippen molar-refractivity contribution >= 4 is 5.91 Å². The Morgan fingerprint density at radius 2 is 2.00 bits per heavy atom. The average molecular weight is 262 g/mol. The predicted octanol–water partition coefficient (Wildman–Crippen LogP) is 1.41. The number of hydrogen-bond acceptors (Lipinski definition) is 3. The summed E-state index contributed by atoms with van der Waals surface area (Å²) in [6.07, 6.45) is 2.14. The first-order chi connectivity index (χ1) is 9.29. The van der Waals surface area contributed by atoms with Gasteiger partial charge in [-0.25, -0.2) is 0 Å². The van der Waals surface area contributed by atoms with Gasteiger partial charge < -0.3 is 15.0 Å². The Morgan fingerprint density at radius 3 is 2.63 bits per heavy atom. The summed E-state index contributed by atoms with van der Waals surface area (Å²) >= 11 is 0. The number of carbonyl (C=O) groups excluding carboxylic acids is 1. The van der Waals surface area contributed by atoms with E-state index in [0.717, 1.165) is 25.9 Å². The highest BCUT2D eigenvalue weighted by Gasteiger charge is 2.22. The maximum absolute atomic E-state index is 11.7. The number of rotatable bonds is 5. The van der Waals surface area contributed by atoms with Gasteiger partial charge in [0, 0.05) is 13.1 Å². The van der Waals surface area contributed by atoms with Crippen LogP contribution in [0.5, 0.6) is 0 Å². The van der Waals surface area contributed by atoms with Crippen LogP contribution in [0.3, 0.4) is 0 Å². The number of likely N-dealkylation sites (N-methyl/N-ethyl adjacent to an activating group) is 1. The minimum absolute atomic E-state index is 0.184. The Morgan fingerprint density at radius 1 is 1.32 bits per heavy atom. The highest BCUT2D eigenvalue weighted by molar-refractivity contribution is 5.78. The number of benzene rings is 1. The molecule has 0 bridgehead atoms. The maximum atomic E-state index is 11.7. The minimum atomic E-state index is 0.184. The largest absolute Gasteiger partial charge is 0.373 e. The predicted molar refractivity (Wildman–Crippen MR) is 74.8 cm³/mol. The number of nitrogens with zero attached hydrogens (tertiary/aromatic N) is 1. The van der Waals surface area contributed by atoms with Gasteiger partial charge in [0.2, 0.25) is 5.91 Å². The number of carbonyl (C=O) groups is 1. The lowest BCUT2D eigenvalue weighted by Crippen LogP contribution is -2.44. The zero-order valence-electron chi connectivity index (χ0n) is 11.5. The number of amides is 1. The van der Waals surface area contributed by atoms with Crippen LogP contribution >= 0.6 is 0 Å². The molecule has 0 radical (unpaired) electrons. The Labute approximate surface area is 114 Å². The first-order valence-electron chi connectivity index (χ1n) is 6.87. The number of likely N-dealkylation sites (tertiary alicyclic amines) is 1. The molecule has 1 amide bonds. The zero-order chi connectivity index (χ0) is 13.5. The summed E-state index contributed by atoms with van der Waals surface area (Å²) in [6.45, 7) is 2.70. The van der Waals surface area contributed by atoms with Gasteiger partial charge in [-0.15, -0.1) is 0 Å². The second-order valence-corrected chi connectivity index (χ2v) is 4.91. The second-order valence-electron chi connectivity index (χ2n) is 4.91. The van der Waals surface area contributed by atoms with Crippen molar-refractivity contribution in [2.24, 2.45) is 0 Å². The summed E-state index contributed by atoms with van der Waals surface area (Å²) in [5, 5.41) is 2.90. The van der Waals surface area contributed by atoms with Crippen LogP contribution in [0.2, 0.25) is 0 Å². The molecular formula is C15H22N2O2. The molecule has 1 aliphatic heterocycles. The Kier molecular flexibility index (Phi) is 5.36. The van der Waals surface area contributed by atoms with E-state index in [1.165, 1.54) is 5.56 Å². The van der Waals surface area contributed by atoms with Gasteiger partial charge in [-0.1, -0.05) is 30.3 Å². The normalized spacial score (nSPS) is 16.6. The standard InChI is InChI=1S/C15H22N2O2/c1-16-11-15(18)17-9-7-14(8-10-17)19-12-13-5-3-2-4-6-13/h2-6,14,16H,7-12H2,1H3. The van der Waals surface area contributed by atoms with E-state index in [-0.39, 0.29) is 12.0 Å². The number of hydrogen-bond donors (Lipinski definition) is 1. The lowest BCUT2D eigenvalue weighted by atomic mass is 10.1. The van der Waals surface area contributed by atoms with E-state index in [9.17, 15) is 4.79 Å². The lowest BCUT2D eigenvalue weighted by Gasteiger charge is -2.32. The van der Waals surface area contributed by atoms with Crippen molar-refractivity contribution in [2.45, 2.75) is 25.6 Å². The molecule has 0 saturated carbocycles. The van der Waals surface area contributed by atoms with Gasteiger partial charge >= 0.3 is 0 Å². The van der Waals surface area contributed by atoms with Gasteiger partial charge in [-0.3, -0.25) is 4.79 Å².